The van der Waals surface area contributed by atoms with Crippen LogP contribution in [0.15, 0.2) is 60.7 Å². The summed E-state index contributed by atoms with van der Waals surface area (Å²) in [5, 5.41) is 10.6. The Kier molecular flexibility index (Phi) is 4.47. The van der Waals surface area contributed by atoms with Gasteiger partial charge in [-0.05, 0) is 64.9 Å². The van der Waals surface area contributed by atoms with Gasteiger partial charge in [0.15, 0.2) is 0 Å². The molecule has 1 N–H and O–H groups in total. The van der Waals surface area contributed by atoms with Crippen molar-refractivity contribution in [1.29, 1.82) is 0 Å². The molecule has 0 fully saturated rings. The van der Waals surface area contributed by atoms with Crippen LogP contribution in [0.25, 0.3) is 11.1 Å². The van der Waals surface area contributed by atoms with Crippen molar-refractivity contribution in [2.75, 3.05) is 0 Å². The molecule has 0 spiro atoms. The Labute approximate surface area is 162 Å². The first-order valence-electron chi connectivity index (χ1n) is 8.44. The Morgan fingerprint density at radius 2 is 1.73 bits per heavy atom. The number of halogens is 2. The zero-order valence-electron chi connectivity index (χ0n) is 13.9. The average molecular weight is 383 g/mol. The van der Waals surface area contributed by atoms with E-state index >= 15 is 0 Å². The minimum atomic E-state index is -0.918. The molecule has 0 aromatic heterocycles. The minimum Gasteiger partial charge on any atom is -0.478 e. The van der Waals surface area contributed by atoms with E-state index in [-0.39, 0.29) is 5.92 Å². The van der Waals surface area contributed by atoms with Crippen LogP contribution < -0.4 is 0 Å². The molecule has 4 rings (SSSR count). The number of rotatable bonds is 3. The maximum absolute atomic E-state index is 11.2. The summed E-state index contributed by atoms with van der Waals surface area (Å²) in [6.07, 6.45) is 2.02. The number of fused-ring (bicyclic) bond motifs is 1. The molecule has 2 nitrogen and oxygen atoms in total. The molecule has 1 aliphatic rings. The van der Waals surface area contributed by atoms with Crippen molar-refractivity contribution in [3.05, 3.63) is 93.0 Å². The maximum atomic E-state index is 11.2. The Hall–Kier alpha value is -2.29. The monoisotopic (exact) mass is 382 g/mol. The van der Waals surface area contributed by atoms with Crippen LogP contribution >= 0.6 is 23.2 Å². The van der Waals surface area contributed by atoms with E-state index < -0.39 is 5.97 Å². The summed E-state index contributed by atoms with van der Waals surface area (Å²) in [6, 6.07) is 19.1. The van der Waals surface area contributed by atoms with E-state index in [1.807, 2.05) is 18.2 Å². The van der Waals surface area contributed by atoms with Crippen LogP contribution in [-0.4, -0.2) is 11.1 Å². The highest BCUT2D eigenvalue weighted by Gasteiger charge is 2.26. The molecule has 3 aromatic rings. The highest BCUT2D eigenvalue weighted by Crippen LogP contribution is 2.42. The van der Waals surface area contributed by atoms with Crippen LogP contribution in [0.3, 0.4) is 0 Å². The number of hydrogen-bond donors (Lipinski definition) is 1. The maximum Gasteiger partial charge on any atom is 0.335 e. The topological polar surface area (TPSA) is 37.3 Å². The molecular weight excluding hydrogens is 367 g/mol. The van der Waals surface area contributed by atoms with E-state index in [0.29, 0.717) is 15.6 Å². The molecule has 0 bridgehead atoms. The van der Waals surface area contributed by atoms with Gasteiger partial charge in [0, 0.05) is 16.0 Å². The van der Waals surface area contributed by atoms with Gasteiger partial charge < -0.3 is 5.11 Å². The van der Waals surface area contributed by atoms with Gasteiger partial charge >= 0.3 is 5.97 Å². The lowest BCUT2D eigenvalue weighted by Gasteiger charge is -2.15. The molecule has 1 atom stereocenters. The predicted octanol–water partition coefficient (Wildman–Crippen LogP) is 6.44. The van der Waals surface area contributed by atoms with Gasteiger partial charge in [-0.25, -0.2) is 4.79 Å². The number of carboxylic acids is 1. The first-order chi connectivity index (χ1) is 12.5. The molecule has 0 heterocycles. The molecule has 130 valence electrons. The van der Waals surface area contributed by atoms with Gasteiger partial charge in [0.2, 0.25) is 0 Å². The number of hydrogen-bond acceptors (Lipinski definition) is 1. The number of aromatic carboxylic acids is 1. The fraction of sp³-hybridized carbons (Fsp3) is 0.136. The number of carbonyl (C=O) groups is 1. The molecule has 0 aliphatic heterocycles. The van der Waals surface area contributed by atoms with Crippen molar-refractivity contribution in [3.8, 4) is 11.1 Å². The fourth-order valence-electron chi connectivity index (χ4n) is 3.72. The third kappa shape index (κ3) is 3.11. The van der Waals surface area contributed by atoms with Crippen LogP contribution in [-0.2, 0) is 6.42 Å². The summed E-state index contributed by atoms with van der Waals surface area (Å²) in [7, 11) is 0. The first-order valence-corrected chi connectivity index (χ1v) is 9.20. The summed E-state index contributed by atoms with van der Waals surface area (Å²) in [4.78, 5) is 11.2. The Morgan fingerprint density at radius 3 is 2.50 bits per heavy atom. The lowest BCUT2D eigenvalue weighted by molar-refractivity contribution is 0.0697. The average Bonchev–Trinajstić information content (AvgIpc) is 3.05. The lowest BCUT2D eigenvalue weighted by atomic mass is 9.90. The lowest BCUT2D eigenvalue weighted by Crippen LogP contribution is -1.98. The SMILES string of the molecule is O=C(O)c1cccc(-c2ccc3c(c2)C(c2ccc(Cl)cc2Cl)CC3)c1. The zero-order valence-corrected chi connectivity index (χ0v) is 15.4. The van der Waals surface area contributed by atoms with Crippen molar-refractivity contribution in [2.24, 2.45) is 0 Å². The van der Waals surface area contributed by atoms with Crippen LogP contribution in [0, 0.1) is 0 Å². The molecule has 1 aliphatic carbocycles. The smallest absolute Gasteiger partial charge is 0.335 e. The van der Waals surface area contributed by atoms with Crippen LogP contribution in [0.5, 0.6) is 0 Å². The summed E-state index contributed by atoms with van der Waals surface area (Å²) in [5.41, 5.74) is 5.88. The summed E-state index contributed by atoms with van der Waals surface area (Å²) >= 11 is 12.5. The van der Waals surface area contributed by atoms with Gasteiger partial charge in [-0.2, -0.15) is 0 Å². The summed E-state index contributed by atoms with van der Waals surface area (Å²) in [6.45, 7) is 0. The molecule has 1 unspecified atom stereocenters. The van der Waals surface area contributed by atoms with Gasteiger partial charge in [-0.1, -0.05) is 59.6 Å². The fourth-order valence-corrected chi connectivity index (χ4v) is 4.26. The quantitative estimate of drug-likeness (QED) is 0.565. The van der Waals surface area contributed by atoms with Gasteiger partial charge in [-0.3, -0.25) is 0 Å². The van der Waals surface area contributed by atoms with E-state index in [9.17, 15) is 9.90 Å². The minimum absolute atomic E-state index is 0.234. The highest BCUT2D eigenvalue weighted by atomic mass is 35.5. The number of carboxylic acid groups (broad SMARTS) is 1. The molecule has 0 amide bonds. The standard InChI is InChI=1S/C22H16Cl2O2/c23-17-7-9-19(21(24)12-17)18-8-6-13-4-5-15(11-20(13)18)14-2-1-3-16(10-14)22(25)26/h1-5,7,9-12,18H,6,8H2,(H,25,26). The number of aryl methyl sites for hydroxylation is 1. The molecule has 0 saturated carbocycles. The van der Waals surface area contributed by atoms with E-state index in [1.165, 1.54) is 11.1 Å². The van der Waals surface area contributed by atoms with Crippen molar-refractivity contribution >= 4 is 29.2 Å². The Morgan fingerprint density at radius 1 is 0.923 bits per heavy atom. The van der Waals surface area contributed by atoms with E-state index in [2.05, 4.69) is 18.2 Å². The van der Waals surface area contributed by atoms with Crippen LogP contribution in [0.2, 0.25) is 10.0 Å². The van der Waals surface area contributed by atoms with Gasteiger partial charge in [0.05, 0.1) is 5.56 Å². The third-order valence-corrected chi connectivity index (χ3v) is 5.57. The normalized spacial score (nSPS) is 15.7. The molecule has 26 heavy (non-hydrogen) atoms. The van der Waals surface area contributed by atoms with Crippen LogP contribution in [0.1, 0.15) is 39.4 Å². The van der Waals surface area contributed by atoms with Gasteiger partial charge in [-0.15, -0.1) is 0 Å². The largest absolute Gasteiger partial charge is 0.478 e. The summed E-state index contributed by atoms with van der Waals surface area (Å²) in [5.74, 6) is -0.684. The highest BCUT2D eigenvalue weighted by molar-refractivity contribution is 6.35. The molecule has 3 aromatic carbocycles. The van der Waals surface area contributed by atoms with Crippen molar-refractivity contribution in [1.82, 2.24) is 0 Å². The second-order valence-electron chi connectivity index (χ2n) is 6.56. The zero-order chi connectivity index (χ0) is 18.3. The Balaban J connectivity index is 1.77. The molecule has 0 saturated heterocycles. The van der Waals surface area contributed by atoms with E-state index in [1.54, 1.807) is 24.3 Å². The molecule has 4 heteroatoms. The van der Waals surface area contributed by atoms with Crippen molar-refractivity contribution in [2.45, 2.75) is 18.8 Å². The van der Waals surface area contributed by atoms with E-state index in [4.69, 9.17) is 23.2 Å². The Bertz CT molecular complexity index is 1010. The second-order valence-corrected chi connectivity index (χ2v) is 7.40. The van der Waals surface area contributed by atoms with Gasteiger partial charge in [0.1, 0.15) is 0 Å². The second kappa shape index (κ2) is 6.79. The van der Waals surface area contributed by atoms with Crippen molar-refractivity contribution in [3.63, 3.8) is 0 Å². The van der Waals surface area contributed by atoms with Gasteiger partial charge in [0.25, 0.3) is 0 Å². The predicted molar refractivity (Wildman–Crippen MR) is 105 cm³/mol. The van der Waals surface area contributed by atoms with E-state index in [0.717, 1.165) is 29.5 Å². The molecule has 0 radical (unpaired) electrons. The van der Waals surface area contributed by atoms with Crippen LogP contribution in [0.4, 0.5) is 0 Å². The first kappa shape index (κ1) is 17.1. The summed E-state index contributed by atoms with van der Waals surface area (Å²) < 4.78 is 0. The van der Waals surface area contributed by atoms with Crippen molar-refractivity contribution < 1.29 is 9.90 Å². The molecular formula is C22H16Cl2O2. The number of benzene rings is 3. The third-order valence-electron chi connectivity index (χ3n) is 5.00.